The summed E-state index contributed by atoms with van der Waals surface area (Å²) < 4.78 is 47.8. The van der Waals surface area contributed by atoms with Crippen LogP contribution in [0.2, 0.25) is 0 Å². The third-order valence-electron chi connectivity index (χ3n) is 4.67. The van der Waals surface area contributed by atoms with Crippen molar-refractivity contribution in [2.24, 2.45) is 16.5 Å². The third kappa shape index (κ3) is 3.40. The zero-order valence-corrected chi connectivity index (χ0v) is 15.2. The lowest BCUT2D eigenvalue weighted by atomic mass is 9.86. The van der Waals surface area contributed by atoms with Gasteiger partial charge >= 0.3 is 0 Å². The number of primary amides is 1. The minimum atomic E-state index is -3.11. The lowest BCUT2D eigenvalue weighted by Gasteiger charge is -2.33. The van der Waals surface area contributed by atoms with Gasteiger partial charge in [0.25, 0.3) is 12.3 Å². The number of hydrogen-bond acceptors (Lipinski definition) is 6. The molecule has 0 fully saturated rings. The number of carbonyl (C=O) groups is 1. The fraction of sp³-hybridized carbons (Fsp3) is 0.263. The van der Waals surface area contributed by atoms with E-state index in [0.29, 0.717) is 0 Å². The molecule has 2 aromatic rings. The number of rotatable bonds is 4. The van der Waals surface area contributed by atoms with Crippen LogP contribution in [0.4, 0.5) is 13.2 Å². The number of amidine groups is 1. The molecule has 0 radical (unpaired) electrons. The number of halogens is 3. The van der Waals surface area contributed by atoms with Crippen LogP contribution in [-0.2, 0) is 10.3 Å². The lowest BCUT2D eigenvalue weighted by Crippen LogP contribution is -2.45. The summed E-state index contributed by atoms with van der Waals surface area (Å²) in [6, 6.07) is 5.37. The van der Waals surface area contributed by atoms with Crippen molar-refractivity contribution in [2.45, 2.75) is 18.9 Å². The lowest BCUT2D eigenvalue weighted by molar-refractivity contribution is -0.0145. The van der Waals surface area contributed by atoms with Crippen molar-refractivity contribution >= 4 is 11.7 Å². The van der Waals surface area contributed by atoms with E-state index < -0.39 is 35.9 Å². The maximum absolute atomic E-state index is 14.6. The van der Waals surface area contributed by atoms with Crippen molar-refractivity contribution in [1.82, 2.24) is 4.98 Å². The van der Waals surface area contributed by atoms with Gasteiger partial charge in [0.2, 0.25) is 0 Å². The molecule has 0 unspecified atom stereocenters. The quantitative estimate of drug-likeness (QED) is 0.807. The van der Waals surface area contributed by atoms with Gasteiger partial charge in [-0.2, -0.15) is 5.26 Å². The van der Waals surface area contributed by atoms with Gasteiger partial charge in [-0.3, -0.25) is 9.79 Å². The molecule has 0 saturated heterocycles. The van der Waals surface area contributed by atoms with Gasteiger partial charge < -0.3 is 16.2 Å². The second-order valence-corrected chi connectivity index (χ2v) is 6.51. The Kier molecular flexibility index (Phi) is 5.26. The Balaban J connectivity index is 2.29. The van der Waals surface area contributed by atoms with Gasteiger partial charge in [0.1, 0.15) is 30.0 Å². The fourth-order valence-electron chi connectivity index (χ4n) is 3.33. The maximum Gasteiger partial charge on any atom is 0.269 e. The molecule has 150 valence electrons. The number of benzene rings is 1. The van der Waals surface area contributed by atoms with Crippen LogP contribution in [0.1, 0.15) is 27.2 Å². The average Bonchev–Trinajstić information content (AvgIpc) is 2.67. The van der Waals surface area contributed by atoms with E-state index in [-0.39, 0.29) is 40.4 Å². The van der Waals surface area contributed by atoms with Crippen LogP contribution in [-0.4, -0.2) is 36.4 Å². The predicted octanol–water partition coefficient (Wildman–Crippen LogP) is 2.01. The Morgan fingerprint density at radius 1 is 1.41 bits per heavy atom. The summed E-state index contributed by atoms with van der Waals surface area (Å²) in [5.41, 5.74) is 8.82. The number of pyridine rings is 1. The average molecular weight is 403 g/mol. The highest BCUT2D eigenvalue weighted by molar-refractivity contribution is 5.95. The van der Waals surface area contributed by atoms with E-state index in [1.807, 2.05) is 6.07 Å². The summed E-state index contributed by atoms with van der Waals surface area (Å²) in [4.78, 5) is 19.3. The molecule has 1 amide bonds. The summed E-state index contributed by atoms with van der Waals surface area (Å²) in [6.45, 7) is 0.799. The number of nitriles is 1. The number of ether oxygens (including phenoxy) is 1. The minimum absolute atomic E-state index is 0.0686. The number of amides is 1. The Bertz CT molecular complexity index is 1060. The molecule has 1 atom stereocenters. The molecule has 3 rings (SSSR count). The van der Waals surface area contributed by atoms with Crippen LogP contribution in [0, 0.1) is 24.1 Å². The van der Waals surface area contributed by atoms with Gasteiger partial charge in [-0.1, -0.05) is 6.07 Å². The first-order valence-corrected chi connectivity index (χ1v) is 8.41. The first-order chi connectivity index (χ1) is 13.7. The second kappa shape index (κ2) is 7.52. The number of nitrogens with zero attached hydrogens (tertiary/aromatic N) is 3. The zero-order chi connectivity index (χ0) is 21.3. The number of nitrogens with two attached hydrogens (primary N) is 2. The molecular formula is C19H16F3N5O2. The number of aliphatic imine (C=N–C) groups is 1. The molecule has 0 aliphatic carbocycles. The summed E-state index contributed by atoms with van der Waals surface area (Å²) in [7, 11) is 0. The first-order valence-electron chi connectivity index (χ1n) is 8.41. The van der Waals surface area contributed by atoms with E-state index in [4.69, 9.17) is 16.2 Å². The van der Waals surface area contributed by atoms with Gasteiger partial charge in [-0.05, 0) is 30.2 Å². The molecule has 1 aromatic heterocycles. The van der Waals surface area contributed by atoms with E-state index in [0.717, 1.165) is 18.3 Å². The zero-order valence-electron chi connectivity index (χ0n) is 15.2. The van der Waals surface area contributed by atoms with E-state index in [1.165, 1.54) is 13.0 Å². The van der Waals surface area contributed by atoms with E-state index in [1.54, 1.807) is 0 Å². The van der Waals surface area contributed by atoms with Crippen LogP contribution >= 0.6 is 0 Å². The molecule has 10 heteroatoms. The minimum Gasteiger partial charge on any atom is -0.385 e. The molecular weight excluding hydrogens is 387 g/mol. The van der Waals surface area contributed by atoms with E-state index in [9.17, 15) is 23.2 Å². The summed E-state index contributed by atoms with van der Waals surface area (Å²) in [5.74, 6) is -1.94. The Hall–Kier alpha value is -3.45. The summed E-state index contributed by atoms with van der Waals surface area (Å²) >= 11 is 0. The van der Waals surface area contributed by atoms with Gasteiger partial charge in [-0.25, -0.2) is 18.2 Å². The SMILES string of the molecule is Cc1c(C(N)=O)ncc(C#N)c1-c1ccc(F)c([C@]2(C(F)F)COCC(N)=N2)c1. The maximum atomic E-state index is 14.6. The van der Waals surface area contributed by atoms with Gasteiger partial charge in [-0.15, -0.1) is 0 Å². The molecule has 1 aromatic carbocycles. The van der Waals surface area contributed by atoms with Crippen molar-refractivity contribution in [3.8, 4) is 17.2 Å². The van der Waals surface area contributed by atoms with E-state index in [2.05, 4.69) is 9.98 Å². The summed E-state index contributed by atoms with van der Waals surface area (Å²) in [5, 5.41) is 9.42. The van der Waals surface area contributed by atoms with Crippen molar-refractivity contribution < 1.29 is 22.7 Å². The number of carbonyl (C=O) groups excluding carboxylic acids is 1. The molecule has 0 saturated carbocycles. The molecule has 7 nitrogen and oxygen atoms in total. The second-order valence-electron chi connectivity index (χ2n) is 6.51. The Morgan fingerprint density at radius 2 is 2.14 bits per heavy atom. The normalized spacial score (nSPS) is 19.0. The van der Waals surface area contributed by atoms with E-state index >= 15 is 0 Å². The molecule has 0 bridgehead atoms. The number of alkyl halides is 2. The smallest absolute Gasteiger partial charge is 0.269 e. The van der Waals surface area contributed by atoms with Crippen LogP contribution in [0.5, 0.6) is 0 Å². The van der Waals surface area contributed by atoms with Crippen molar-refractivity contribution in [2.75, 3.05) is 13.2 Å². The Labute approximate surface area is 163 Å². The molecule has 4 N–H and O–H groups in total. The topological polar surface area (TPSA) is 127 Å². The number of hydrogen-bond donors (Lipinski definition) is 2. The van der Waals surface area contributed by atoms with Crippen molar-refractivity contribution in [1.29, 1.82) is 5.26 Å². The predicted molar refractivity (Wildman–Crippen MR) is 97.7 cm³/mol. The van der Waals surface area contributed by atoms with Gasteiger partial charge in [0.05, 0.1) is 12.2 Å². The van der Waals surface area contributed by atoms with Crippen LogP contribution in [0.25, 0.3) is 11.1 Å². The Morgan fingerprint density at radius 3 is 2.72 bits per heavy atom. The molecule has 1 aliphatic heterocycles. The molecule has 2 heterocycles. The van der Waals surface area contributed by atoms with Crippen LogP contribution in [0.3, 0.4) is 0 Å². The van der Waals surface area contributed by atoms with Gasteiger partial charge in [0.15, 0.2) is 5.54 Å². The van der Waals surface area contributed by atoms with Crippen LogP contribution < -0.4 is 11.5 Å². The van der Waals surface area contributed by atoms with Crippen molar-refractivity contribution in [3.05, 3.63) is 52.6 Å². The molecule has 1 aliphatic rings. The highest BCUT2D eigenvalue weighted by atomic mass is 19.3. The standard InChI is InChI=1S/C19H16F3N5O2/c1-9-15(11(5-23)6-26-16(9)17(25)28)10-2-3-13(20)12(4-10)19(18(21)22)8-29-7-14(24)27-19/h2-4,6,18H,7-8H2,1H3,(H2,24,27)(H2,25,28)/t19-/m0/s1. The number of aromatic nitrogens is 1. The highest BCUT2D eigenvalue weighted by Crippen LogP contribution is 2.39. The van der Waals surface area contributed by atoms with Crippen LogP contribution in [0.15, 0.2) is 29.4 Å². The summed E-state index contributed by atoms with van der Waals surface area (Å²) in [6.07, 6.45) is -1.96. The monoisotopic (exact) mass is 403 g/mol. The molecule has 0 spiro atoms. The van der Waals surface area contributed by atoms with Crippen molar-refractivity contribution in [3.63, 3.8) is 0 Å². The highest BCUT2D eigenvalue weighted by Gasteiger charge is 2.46. The molecule has 29 heavy (non-hydrogen) atoms. The first kappa shape index (κ1) is 20.3. The largest absolute Gasteiger partial charge is 0.385 e. The van der Waals surface area contributed by atoms with Gasteiger partial charge in [0, 0.05) is 17.3 Å². The third-order valence-corrected chi connectivity index (χ3v) is 4.67. The fourth-order valence-corrected chi connectivity index (χ4v) is 3.33.